The number of fused-ring (bicyclic) bond motifs is 1. The van der Waals surface area contributed by atoms with Crippen molar-refractivity contribution in [3.63, 3.8) is 0 Å². The minimum atomic E-state index is 0.744. The molecule has 1 nitrogen and oxygen atoms in total. The molecule has 0 N–H and O–H groups in total. The van der Waals surface area contributed by atoms with Crippen LogP contribution in [0.15, 0.2) is 30.3 Å². The monoisotopic (exact) mass is 221 g/mol. The van der Waals surface area contributed by atoms with E-state index in [1.165, 1.54) is 0 Å². The summed E-state index contributed by atoms with van der Waals surface area (Å²) < 4.78 is 0. The molecule has 0 bridgehead atoms. The largest absolute Gasteiger partial charge is 0.253 e. The van der Waals surface area contributed by atoms with Gasteiger partial charge in [-0.2, -0.15) is 0 Å². The van der Waals surface area contributed by atoms with E-state index < -0.39 is 0 Å². The van der Waals surface area contributed by atoms with Crippen molar-refractivity contribution >= 4 is 22.5 Å². The van der Waals surface area contributed by atoms with E-state index in [-0.39, 0.29) is 0 Å². The number of nitrogens with zero attached hydrogens (tertiary/aromatic N) is 1. The third kappa shape index (κ3) is 2.93. The molecule has 1 aromatic carbocycles. The molecule has 0 saturated heterocycles. The Hall–Kier alpha value is -1.08. The molecule has 2 aromatic rings. The lowest BCUT2D eigenvalue weighted by atomic mass is 10.2. The van der Waals surface area contributed by atoms with Crippen LogP contribution in [-0.4, -0.2) is 4.98 Å². The van der Waals surface area contributed by atoms with Crippen molar-refractivity contribution in [1.29, 1.82) is 0 Å². The van der Waals surface area contributed by atoms with E-state index >= 15 is 0 Å². The van der Waals surface area contributed by atoms with Gasteiger partial charge in [-0.25, -0.2) is 0 Å². The average Bonchev–Trinajstić information content (AvgIpc) is 2.30. The molecule has 2 heteroatoms. The maximum absolute atomic E-state index is 5.87. The van der Waals surface area contributed by atoms with Crippen LogP contribution in [0.1, 0.15) is 26.5 Å². The molecule has 0 aliphatic heterocycles. The van der Waals surface area contributed by atoms with Gasteiger partial charge in [0.2, 0.25) is 0 Å². The third-order valence-electron chi connectivity index (χ3n) is 2.07. The van der Waals surface area contributed by atoms with E-state index in [1.807, 2.05) is 32.0 Å². The van der Waals surface area contributed by atoms with Gasteiger partial charge in [0, 0.05) is 16.1 Å². The lowest BCUT2D eigenvalue weighted by molar-refractivity contribution is 1.06. The SMILES string of the molecule is CC.CCc1ccc2ccc(Cl)cc2n1. The summed E-state index contributed by atoms with van der Waals surface area (Å²) in [4.78, 5) is 4.47. The van der Waals surface area contributed by atoms with E-state index in [4.69, 9.17) is 11.6 Å². The normalized spacial score (nSPS) is 9.60. The van der Waals surface area contributed by atoms with Crippen LogP contribution in [0.3, 0.4) is 0 Å². The van der Waals surface area contributed by atoms with Crippen LogP contribution in [-0.2, 0) is 6.42 Å². The second kappa shape index (κ2) is 5.72. The number of hydrogen-bond donors (Lipinski definition) is 0. The number of halogens is 1. The number of aromatic nitrogens is 1. The number of hydrogen-bond acceptors (Lipinski definition) is 1. The van der Waals surface area contributed by atoms with Gasteiger partial charge >= 0.3 is 0 Å². The van der Waals surface area contributed by atoms with Crippen LogP contribution in [0.4, 0.5) is 0 Å². The first kappa shape index (κ1) is 12.0. The van der Waals surface area contributed by atoms with Crippen LogP contribution < -0.4 is 0 Å². The van der Waals surface area contributed by atoms with Gasteiger partial charge in [0.05, 0.1) is 5.52 Å². The summed E-state index contributed by atoms with van der Waals surface area (Å²) >= 11 is 5.87. The van der Waals surface area contributed by atoms with Crippen molar-refractivity contribution in [2.45, 2.75) is 27.2 Å². The average molecular weight is 222 g/mol. The highest BCUT2D eigenvalue weighted by Gasteiger charge is 1.97. The Morgan fingerprint density at radius 2 is 1.80 bits per heavy atom. The molecule has 1 heterocycles. The molecule has 0 radical (unpaired) electrons. The highest BCUT2D eigenvalue weighted by Crippen LogP contribution is 2.17. The van der Waals surface area contributed by atoms with Crippen LogP contribution in [0.5, 0.6) is 0 Å². The maximum atomic E-state index is 5.87. The van der Waals surface area contributed by atoms with Crippen molar-refractivity contribution in [2.24, 2.45) is 0 Å². The fourth-order valence-electron chi connectivity index (χ4n) is 1.33. The van der Waals surface area contributed by atoms with Gasteiger partial charge < -0.3 is 0 Å². The second-order valence-electron chi connectivity index (χ2n) is 2.99. The highest BCUT2D eigenvalue weighted by atomic mass is 35.5. The summed E-state index contributed by atoms with van der Waals surface area (Å²) in [6.07, 6.45) is 0.961. The van der Waals surface area contributed by atoms with Crippen molar-refractivity contribution in [3.05, 3.63) is 41.0 Å². The predicted molar refractivity (Wildman–Crippen MR) is 67.5 cm³/mol. The Labute approximate surface area is 96.1 Å². The molecule has 15 heavy (non-hydrogen) atoms. The van der Waals surface area contributed by atoms with Crippen molar-refractivity contribution in [1.82, 2.24) is 4.98 Å². The van der Waals surface area contributed by atoms with Crippen LogP contribution in [0, 0.1) is 0 Å². The van der Waals surface area contributed by atoms with E-state index in [9.17, 15) is 0 Å². The summed E-state index contributed by atoms with van der Waals surface area (Å²) in [5.74, 6) is 0. The molecule has 0 fully saturated rings. The molecule has 0 atom stereocenters. The number of benzene rings is 1. The molecular formula is C13H16ClN. The smallest absolute Gasteiger partial charge is 0.0720 e. The van der Waals surface area contributed by atoms with Gasteiger partial charge in [0.25, 0.3) is 0 Å². The summed E-state index contributed by atoms with van der Waals surface area (Å²) in [7, 11) is 0. The molecular weight excluding hydrogens is 206 g/mol. The van der Waals surface area contributed by atoms with Gasteiger partial charge in [-0.15, -0.1) is 0 Å². The zero-order valence-corrected chi connectivity index (χ0v) is 10.2. The fraction of sp³-hybridized carbons (Fsp3) is 0.308. The lowest BCUT2D eigenvalue weighted by Gasteiger charge is -2.00. The topological polar surface area (TPSA) is 12.9 Å². The first-order valence-corrected chi connectivity index (χ1v) is 5.72. The zero-order chi connectivity index (χ0) is 11.3. The minimum absolute atomic E-state index is 0.744. The van der Waals surface area contributed by atoms with E-state index in [0.29, 0.717) is 0 Å². The van der Waals surface area contributed by atoms with Gasteiger partial charge in [-0.3, -0.25) is 4.98 Å². The zero-order valence-electron chi connectivity index (χ0n) is 9.42. The first-order chi connectivity index (χ1) is 7.29. The summed E-state index contributed by atoms with van der Waals surface area (Å²) in [6, 6.07) is 9.91. The first-order valence-electron chi connectivity index (χ1n) is 5.35. The summed E-state index contributed by atoms with van der Waals surface area (Å²) in [6.45, 7) is 6.10. The van der Waals surface area contributed by atoms with Crippen molar-refractivity contribution in [2.75, 3.05) is 0 Å². The Morgan fingerprint density at radius 3 is 2.47 bits per heavy atom. The molecule has 0 unspecified atom stereocenters. The van der Waals surface area contributed by atoms with Gasteiger partial charge in [0.1, 0.15) is 0 Å². The van der Waals surface area contributed by atoms with Gasteiger partial charge in [0.15, 0.2) is 0 Å². The maximum Gasteiger partial charge on any atom is 0.0720 e. The number of aryl methyl sites for hydroxylation is 1. The Kier molecular flexibility index (Phi) is 4.57. The highest BCUT2D eigenvalue weighted by molar-refractivity contribution is 6.31. The minimum Gasteiger partial charge on any atom is -0.253 e. The predicted octanol–water partition coefficient (Wildman–Crippen LogP) is 4.48. The molecule has 80 valence electrons. The molecule has 0 spiro atoms. The van der Waals surface area contributed by atoms with Crippen molar-refractivity contribution < 1.29 is 0 Å². The molecule has 2 rings (SSSR count). The quantitative estimate of drug-likeness (QED) is 0.692. The number of pyridine rings is 1. The van der Waals surface area contributed by atoms with Crippen LogP contribution in [0.2, 0.25) is 5.02 Å². The van der Waals surface area contributed by atoms with Crippen LogP contribution >= 0.6 is 11.6 Å². The molecule has 0 amide bonds. The van der Waals surface area contributed by atoms with Gasteiger partial charge in [-0.1, -0.05) is 44.5 Å². The third-order valence-corrected chi connectivity index (χ3v) is 2.31. The molecule has 0 saturated carbocycles. The second-order valence-corrected chi connectivity index (χ2v) is 3.43. The Balaban J connectivity index is 0.000000531. The summed E-state index contributed by atoms with van der Waals surface area (Å²) in [5, 5.41) is 1.88. The van der Waals surface area contributed by atoms with Crippen LogP contribution in [0.25, 0.3) is 10.9 Å². The lowest BCUT2D eigenvalue weighted by Crippen LogP contribution is -1.86. The van der Waals surface area contributed by atoms with E-state index in [2.05, 4.69) is 24.0 Å². The Bertz CT molecular complexity index is 437. The van der Waals surface area contributed by atoms with E-state index in [1.54, 1.807) is 0 Å². The van der Waals surface area contributed by atoms with Crippen molar-refractivity contribution in [3.8, 4) is 0 Å². The van der Waals surface area contributed by atoms with Gasteiger partial charge in [-0.05, 0) is 24.6 Å². The summed E-state index contributed by atoms with van der Waals surface area (Å²) in [5.41, 5.74) is 2.08. The molecule has 0 aliphatic rings. The number of rotatable bonds is 1. The van der Waals surface area contributed by atoms with E-state index in [0.717, 1.165) is 28.0 Å². The fourth-order valence-corrected chi connectivity index (χ4v) is 1.50. The molecule has 1 aromatic heterocycles. The standard InChI is InChI=1S/C11H10ClN.C2H6/c1-2-10-6-4-8-3-5-9(12)7-11(8)13-10;1-2/h3-7H,2H2,1H3;1-2H3. The molecule has 0 aliphatic carbocycles. The Morgan fingerprint density at radius 1 is 1.13 bits per heavy atom.